The van der Waals surface area contributed by atoms with E-state index in [1.165, 1.54) is 14.2 Å². The van der Waals surface area contributed by atoms with Crippen molar-refractivity contribution >= 4 is 22.0 Å². The third kappa shape index (κ3) is 8.30. The van der Waals surface area contributed by atoms with Crippen LogP contribution in [0.4, 0.5) is 4.79 Å². The van der Waals surface area contributed by atoms with Crippen LogP contribution in [-0.4, -0.2) is 65.5 Å². The van der Waals surface area contributed by atoms with Crippen molar-refractivity contribution in [2.75, 3.05) is 40.2 Å². The summed E-state index contributed by atoms with van der Waals surface area (Å²) in [5.41, 5.74) is 2.29. The lowest BCUT2D eigenvalue weighted by Crippen LogP contribution is -2.37. The summed E-state index contributed by atoms with van der Waals surface area (Å²) < 4.78 is 39.7. The number of carbonyl (C=O) groups excluding carboxylic acids is 2. The van der Waals surface area contributed by atoms with Gasteiger partial charge in [0.05, 0.1) is 27.0 Å². The minimum Gasteiger partial charge on any atom is -0.496 e. The number of aryl methyl sites for hydroxylation is 1. The lowest BCUT2D eigenvalue weighted by molar-refractivity contribution is 0.0697. The molecule has 10 heteroatoms. The zero-order chi connectivity index (χ0) is 24.4. The molecular formula is C23H30N2O7S. The van der Waals surface area contributed by atoms with Crippen LogP contribution in [0.5, 0.6) is 11.5 Å². The van der Waals surface area contributed by atoms with Gasteiger partial charge in [0.15, 0.2) is 0 Å². The van der Waals surface area contributed by atoms with Gasteiger partial charge in [-0.3, -0.25) is 4.79 Å². The highest BCUT2D eigenvalue weighted by atomic mass is 32.2. The summed E-state index contributed by atoms with van der Waals surface area (Å²) >= 11 is 0. The summed E-state index contributed by atoms with van der Waals surface area (Å²) in [7, 11) is -0.699. The molecule has 33 heavy (non-hydrogen) atoms. The van der Waals surface area contributed by atoms with E-state index in [4.69, 9.17) is 14.2 Å². The molecule has 0 fully saturated rings. The topological polar surface area (TPSA) is 111 Å². The molecule has 0 saturated heterocycles. The fraction of sp³-hybridized carbons (Fsp3) is 0.391. The average Bonchev–Trinajstić information content (AvgIpc) is 2.77. The van der Waals surface area contributed by atoms with Gasteiger partial charge in [0.2, 0.25) is 10.0 Å². The predicted molar refractivity (Wildman–Crippen MR) is 124 cm³/mol. The smallest absolute Gasteiger partial charge is 0.420 e. The van der Waals surface area contributed by atoms with Gasteiger partial charge in [-0.05, 0) is 37.5 Å². The molecule has 9 nitrogen and oxygen atoms in total. The molecule has 0 unspecified atom stereocenters. The lowest BCUT2D eigenvalue weighted by atomic mass is 10.1. The fourth-order valence-corrected chi connectivity index (χ4v) is 3.62. The quantitative estimate of drug-likeness (QED) is 0.529. The molecule has 0 atom stereocenters. The Morgan fingerprint density at radius 2 is 1.61 bits per heavy atom. The van der Waals surface area contributed by atoms with Crippen LogP contribution >= 0.6 is 0 Å². The van der Waals surface area contributed by atoms with Gasteiger partial charge in [-0.25, -0.2) is 17.9 Å². The van der Waals surface area contributed by atoms with E-state index < -0.39 is 16.1 Å². The predicted octanol–water partition coefficient (Wildman–Crippen LogP) is 2.77. The van der Waals surface area contributed by atoms with Crippen LogP contribution in [0.25, 0.3) is 0 Å². The second-order valence-corrected chi connectivity index (χ2v) is 9.15. The molecule has 2 aromatic rings. The van der Waals surface area contributed by atoms with E-state index in [0.717, 1.165) is 23.8 Å². The van der Waals surface area contributed by atoms with Crippen LogP contribution in [-0.2, 0) is 21.2 Å². The third-order valence-electron chi connectivity index (χ3n) is 4.89. The van der Waals surface area contributed by atoms with Crippen LogP contribution in [0.1, 0.15) is 27.9 Å². The Hall–Kier alpha value is -3.27. The first-order chi connectivity index (χ1) is 15.6. The van der Waals surface area contributed by atoms with E-state index in [2.05, 4.69) is 0 Å². The highest BCUT2D eigenvalue weighted by molar-refractivity contribution is 7.89. The van der Waals surface area contributed by atoms with E-state index >= 15 is 0 Å². The number of ether oxygens (including phenoxy) is 3. The Balaban J connectivity index is 2.14. The van der Waals surface area contributed by atoms with E-state index in [9.17, 15) is 18.0 Å². The number of hydrogen-bond acceptors (Lipinski definition) is 7. The Morgan fingerprint density at radius 1 is 1.00 bits per heavy atom. The molecule has 0 aliphatic carbocycles. The minimum atomic E-state index is -3.73. The van der Waals surface area contributed by atoms with E-state index in [1.54, 1.807) is 21.8 Å². The van der Waals surface area contributed by atoms with Gasteiger partial charge < -0.3 is 19.1 Å². The zero-order valence-corrected chi connectivity index (χ0v) is 20.1. The maximum absolute atomic E-state index is 13.3. The van der Waals surface area contributed by atoms with Crippen molar-refractivity contribution in [1.82, 2.24) is 9.62 Å². The highest BCUT2D eigenvalue weighted by Gasteiger charge is 2.20. The molecule has 1 N–H and O–H groups in total. The molecule has 0 aliphatic heterocycles. The first kappa shape index (κ1) is 26.0. The molecule has 2 amide bonds. The highest BCUT2D eigenvalue weighted by Crippen LogP contribution is 2.30. The van der Waals surface area contributed by atoms with Crippen molar-refractivity contribution in [3.8, 4) is 11.5 Å². The van der Waals surface area contributed by atoms with Crippen LogP contribution in [0.3, 0.4) is 0 Å². The number of hydrogen-bond donors (Lipinski definition) is 1. The van der Waals surface area contributed by atoms with Gasteiger partial charge in [0, 0.05) is 17.7 Å². The molecule has 0 saturated carbocycles. The second-order valence-electron chi connectivity index (χ2n) is 7.40. The number of nitrogens with one attached hydrogen (secondary N) is 1. The molecule has 0 radical (unpaired) electrons. The van der Waals surface area contributed by atoms with Crippen LogP contribution in [0.2, 0.25) is 0 Å². The van der Waals surface area contributed by atoms with Gasteiger partial charge in [0.1, 0.15) is 18.1 Å². The molecule has 180 valence electrons. The van der Waals surface area contributed by atoms with Gasteiger partial charge in [-0.2, -0.15) is 0 Å². The third-order valence-corrected chi connectivity index (χ3v) is 5.42. The zero-order valence-electron chi connectivity index (χ0n) is 19.3. The van der Waals surface area contributed by atoms with E-state index in [1.807, 2.05) is 37.3 Å². The maximum atomic E-state index is 13.3. The summed E-state index contributed by atoms with van der Waals surface area (Å²) in [6, 6.07) is 13.2. The number of benzene rings is 2. The van der Waals surface area contributed by atoms with Gasteiger partial charge in [-0.15, -0.1) is 0 Å². The number of sulfonamides is 1. The van der Waals surface area contributed by atoms with Crippen LogP contribution in [0, 0.1) is 6.92 Å². The Bertz CT molecular complexity index is 1030. The average molecular weight is 479 g/mol. The van der Waals surface area contributed by atoms with Gasteiger partial charge in [0.25, 0.3) is 5.91 Å². The molecule has 0 aliphatic rings. The monoisotopic (exact) mass is 478 g/mol. The van der Waals surface area contributed by atoms with E-state index in [0.29, 0.717) is 30.0 Å². The van der Waals surface area contributed by atoms with Crippen LogP contribution in [0.15, 0.2) is 42.5 Å². The van der Waals surface area contributed by atoms with Crippen molar-refractivity contribution < 1.29 is 32.2 Å². The summed E-state index contributed by atoms with van der Waals surface area (Å²) in [6.07, 6.45) is 1.21. The van der Waals surface area contributed by atoms with Gasteiger partial charge in [-0.1, -0.05) is 30.3 Å². The SMILES string of the molecule is COc1cc(C(=O)N(CCCc2ccccc2)CCOC(=O)NS(C)(=O)=O)cc(OC)c1C. The number of rotatable bonds is 11. The standard InChI is InChI=1S/C23H30N2O7S/c1-17-20(30-2)15-19(16-21(17)31-3)22(26)25(12-8-11-18-9-6-5-7-10-18)13-14-32-23(27)24-33(4,28)29/h5-7,9-10,15-16H,8,11-14H2,1-4H3,(H,24,27). The van der Waals surface area contributed by atoms with Crippen molar-refractivity contribution in [3.63, 3.8) is 0 Å². The molecule has 0 spiro atoms. The largest absolute Gasteiger partial charge is 0.496 e. The second kappa shape index (κ2) is 12.1. The Morgan fingerprint density at radius 3 is 2.15 bits per heavy atom. The minimum absolute atomic E-state index is 0.0866. The van der Waals surface area contributed by atoms with E-state index in [-0.39, 0.29) is 19.1 Å². The van der Waals surface area contributed by atoms with Crippen molar-refractivity contribution in [2.24, 2.45) is 0 Å². The summed E-state index contributed by atoms with van der Waals surface area (Å²) in [4.78, 5) is 26.5. The summed E-state index contributed by atoms with van der Waals surface area (Å²) in [5.74, 6) is 0.753. The Labute approximate surface area is 194 Å². The summed E-state index contributed by atoms with van der Waals surface area (Å²) in [6.45, 7) is 2.16. The first-order valence-corrected chi connectivity index (χ1v) is 12.2. The molecule has 0 heterocycles. The Kier molecular flexibility index (Phi) is 9.53. The molecule has 0 bridgehead atoms. The summed E-state index contributed by atoms with van der Waals surface area (Å²) in [5, 5.41) is 0. The molecular weight excluding hydrogens is 448 g/mol. The molecule has 2 rings (SSSR count). The number of nitrogens with zero attached hydrogens (tertiary/aromatic N) is 1. The van der Waals surface area contributed by atoms with Crippen molar-refractivity contribution in [2.45, 2.75) is 19.8 Å². The number of carbonyl (C=O) groups is 2. The van der Waals surface area contributed by atoms with Crippen molar-refractivity contribution in [1.29, 1.82) is 0 Å². The lowest BCUT2D eigenvalue weighted by Gasteiger charge is -2.23. The maximum Gasteiger partial charge on any atom is 0.420 e. The molecule has 2 aromatic carbocycles. The normalized spacial score (nSPS) is 10.9. The first-order valence-electron chi connectivity index (χ1n) is 10.3. The fourth-order valence-electron chi connectivity index (χ4n) is 3.26. The molecule has 0 aromatic heterocycles. The van der Waals surface area contributed by atoms with Gasteiger partial charge >= 0.3 is 6.09 Å². The van der Waals surface area contributed by atoms with Crippen molar-refractivity contribution in [3.05, 3.63) is 59.2 Å². The number of methoxy groups -OCH3 is 2. The van der Waals surface area contributed by atoms with Crippen LogP contribution < -0.4 is 14.2 Å². The number of amides is 2.